The number of pyridine rings is 1. The zero-order chi connectivity index (χ0) is 41.9. The number of benzene rings is 3. The highest BCUT2D eigenvalue weighted by atomic mass is 32.3. The van der Waals surface area contributed by atoms with Crippen LogP contribution >= 0.6 is 11.3 Å². The van der Waals surface area contributed by atoms with Gasteiger partial charge in [0, 0.05) is 29.6 Å². The number of azo groups is 1. The van der Waals surface area contributed by atoms with Crippen molar-refractivity contribution in [1.29, 1.82) is 5.26 Å². The lowest BCUT2D eigenvalue weighted by Crippen LogP contribution is -2.16. The molecule has 0 bridgehead atoms. The summed E-state index contributed by atoms with van der Waals surface area (Å²) < 4.78 is 129. The van der Waals surface area contributed by atoms with Crippen LogP contribution in [-0.4, -0.2) is 77.0 Å². The summed E-state index contributed by atoms with van der Waals surface area (Å²) in [5, 5.41) is 25.1. The first-order valence-electron chi connectivity index (χ1n) is 16.0. The standard InChI is InChI=1S/C33H31N7O12S5/c1-4-54(41,42)23-9-6-21(7-10-23)13-14-35-31-24(18-34)20(3)28(32(38-31)36-15-16-52-57(49,50)51)40-39-25-12-8-22(17-27(25)55(43,44)45)33-37-26-11-5-19(2)30(29(26)53-33)56(46,47)48/h4-12,17H,1,13-16H2,2-3H3,(H2,35,36,38)(H,43,44,45)(H,46,47,48)(H,49,50,51). The van der Waals surface area contributed by atoms with Crippen molar-refractivity contribution in [3.63, 3.8) is 0 Å². The predicted octanol–water partition coefficient (Wildman–Crippen LogP) is 5.56. The molecule has 5 N–H and O–H groups in total. The zero-order valence-corrected chi connectivity index (χ0v) is 33.7. The number of nitrogens with zero attached hydrogens (tertiary/aromatic N) is 5. The van der Waals surface area contributed by atoms with Gasteiger partial charge >= 0.3 is 10.4 Å². The van der Waals surface area contributed by atoms with E-state index in [0.717, 1.165) is 28.4 Å². The number of hydrogen-bond acceptors (Lipinski definition) is 17. The fourth-order valence-electron chi connectivity index (χ4n) is 5.34. The molecule has 0 unspecified atom stereocenters. The molecule has 0 aliphatic carbocycles. The van der Waals surface area contributed by atoms with Crippen molar-refractivity contribution < 1.29 is 51.5 Å². The molecule has 3 aromatic carbocycles. The Hall–Kier alpha value is -5.23. The van der Waals surface area contributed by atoms with E-state index in [1.165, 1.54) is 50.2 Å². The van der Waals surface area contributed by atoms with Gasteiger partial charge in [-0.05, 0) is 67.8 Å². The topological polar surface area (TPSA) is 305 Å². The Kier molecular flexibility index (Phi) is 12.6. The fourth-order valence-corrected chi connectivity index (χ4v) is 9.30. The van der Waals surface area contributed by atoms with Gasteiger partial charge in [0.25, 0.3) is 20.2 Å². The third-order valence-corrected chi connectivity index (χ3v) is 13.1. The Labute approximate surface area is 331 Å². The van der Waals surface area contributed by atoms with E-state index in [0.29, 0.717) is 6.42 Å². The summed E-state index contributed by atoms with van der Waals surface area (Å²) >= 11 is 0.857. The SMILES string of the molecule is C=CS(=O)(=O)c1ccc(CCNc2nc(NCCOS(=O)(=O)O)c(N=Nc3ccc(-c4nc5ccc(C)c(S(=O)(=O)O)c5s4)cc3S(=O)(=O)O)c(C)c2C#N)cc1. The van der Waals surface area contributed by atoms with Crippen LogP contribution in [0.25, 0.3) is 20.8 Å². The van der Waals surface area contributed by atoms with Crippen molar-refractivity contribution in [3.8, 4) is 16.6 Å². The second kappa shape index (κ2) is 16.7. The Morgan fingerprint density at radius 2 is 1.56 bits per heavy atom. The van der Waals surface area contributed by atoms with Gasteiger partial charge < -0.3 is 10.6 Å². The predicted molar refractivity (Wildman–Crippen MR) is 209 cm³/mol. The van der Waals surface area contributed by atoms with Gasteiger partial charge in [-0.3, -0.25) is 13.7 Å². The third kappa shape index (κ3) is 10.2. The van der Waals surface area contributed by atoms with E-state index in [1.807, 2.05) is 6.07 Å². The maximum Gasteiger partial charge on any atom is 0.397 e. The first kappa shape index (κ1) is 42.9. The van der Waals surface area contributed by atoms with E-state index in [2.05, 4.69) is 41.6 Å². The summed E-state index contributed by atoms with van der Waals surface area (Å²) in [6.07, 6.45) is 0.360. The molecule has 0 fully saturated rings. The molecule has 0 atom stereocenters. The number of aryl methyl sites for hydroxylation is 1. The quantitative estimate of drug-likeness (QED) is 0.0460. The normalized spacial score (nSPS) is 12.5. The molecule has 19 nitrogen and oxygen atoms in total. The van der Waals surface area contributed by atoms with Crippen LogP contribution in [0.3, 0.4) is 0 Å². The average Bonchev–Trinajstić information content (AvgIpc) is 3.56. The first-order valence-corrected chi connectivity index (χ1v) is 22.7. The van der Waals surface area contributed by atoms with Crippen molar-refractivity contribution in [2.75, 3.05) is 30.3 Å². The largest absolute Gasteiger partial charge is 0.397 e. The number of sulfone groups is 1. The molecule has 0 amide bonds. The second-order valence-corrected chi connectivity index (χ2v) is 18.6. The van der Waals surface area contributed by atoms with Crippen LogP contribution in [0.4, 0.5) is 23.0 Å². The van der Waals surface area contributed by atoms with Crippen molar-refractivity contribution in [3.05, 3.63) is 88.8 Å². The molecule has 2 heterocycles. The van der Waals surface area contributed by atoms with Gasteiger partial charge in [-0.1, -0.05) is 24.8 Å². The maximum atomic E-state index is 12.6. The van der Waals surface area contributed by atoms with Crippen LogP contribution in [0, 0.1) is 25.2 Å². The molecule has 0 radical (unpaired) electrons. The van der Waals surface area contributed by atoms with Crippen LogP contribution in [0.2, 0.25) is 0 Å². The molecule has 0 spiro atoms. The number of hydrogen-bond donors (Lipinski definition) is 5. The van der Waals surface area contributed by atoms with Gasteiger partial charge in [-0.15, -0.1) is 21.6 Å². The summed E-state index contributed by atoms with van der Waals surface area (Å²) in [6.45, 7) is 5.64. The molecule has 24 heteroatoms. The summed E-state index contributed by atoms with van der Waals surface area (Å²) in [4.78, 5) is 7.79. The van der Waals surface area contributed by atoms with Crippen LogP contribution in [0.5, 0.6) is 0 Å². The number of aromatic nitrogens is 2. The van der Waals surface area contributed by atoms with E-state index < -0.39 is 52.0 Å². The van der Waals surface area contributed by atoms with Crippen molar-refractivity contribution >= 4 is 85.0 Å². The number of nitriles is 1. The van der Waals surface area contributed by atoms with Crippen molar-refractivity contribution in [2.24, 2.45) is 10.2 Å². The number of nitrogens with one attached hydrogen (secondary N) is 2. The number of anilines is 2. The number of thiazole rings is 1. The molecule has 0 aliphatic rings. The summed E-state index contributed by atoms with van der Waals surface area (Å²) in [5.41, 5.74) is 1.05. The van der Waals surface area contributed by atoms with Crippen LogP contribution < -0.4 is 10.6 Å². The van der Waals surface area contributed by atoms with Gasteiger partial charge in [-0.2, -0.15) is 30.5 Å². The van der Waals surface area contributed by atoms with Gasteiger partial charge in [0.05, 0.1) is 27.3 Å². The molecular weight excluding hydrogens is 847 g/mol. The van der Waals surface area contributed by atoms with E-state index in [1.54, 1.807) is 12.1 Å². The minimum absolute atomic E-state index is 0.00297. The van der Waals surface area contributed by atoms with Crippen LogP contribution in [-0.2, 0) is 51.1 Å². The Balaban J connectivity index is 1.51. The molecule has 57 heavy (non-hydrogen) atoms. The highest BCUT2D eigenvalue weighted by Gasteiger charge is 2.24. The van der Waals surface area contributed by atoms with Gasteiger partial charge in [-0.25, -0.2) is 22.6 Å². The lowest BCUT2D eigenvalue weighted by molar-refractivity contribution is 0.278. The third-order valence-electron chi connectivity index (χ3n) is 8.04. The maximum absolute atomic E-state index is 12.6. The lowest BCUT2D eigenvalue weighted by Gasteiger charge is -2.16. The molecule has 2 aromatic heterocycles. The minimum atomic E-state index is -4.99. The van der Waals surface area contributed by atoms with Crippen LogP contribution in [0.15, 0.2) is 91.5 Å². The molecule has 0 aliphatic heterocycles. The number of fused-ring (bicyclic) bond motifs is 1. The monoisotopic (exact) mass is 877 g/mol. The second-order valence-electron chi connectivity index (χ2n) is 11.9. The summed E-state index contributed by atoms with van der Waals surface area (Å²) in [7, 11) is -18.0. The van der Waals surface area contributed by atoms with E-state index in [4.69, 9.17) is 4.55 Å². The molecular formula is C33H31N7O12S5. The van der Waals surface area contributed by atoms with Crippen molar-refractivity contribution in [1.82, 2.24) is 9.97 Å². The smallest absolute Gasteiger partial charge is 0.369 e. The van der Waals surface area contributed by atoms with Gasteiger partial charge in [0.2, 0.25) is 0 Å². The molecule has 0 saturated carbocycles. The van der Waals surface area contributed by atoms with Gasteiger partial charge in [0.1, 0.15) is 38.1 Å². The molecule has 300 valence electrons. The van der Waals surface area contributed by atoms with E-state index in [9.17, 15) is 48.0 Å². The summed E-state index contributed by atoms with van der Waals surface area (Å²) in [6, 6.07) is 14.7. The fraction of sp³-hybridized carbons (Fsp3) is 0.182. The molecule has 5 rings (SSSR count). The number of rotatable bonds is 16. The highest BCUT2D eigenvalue weighted by molar-refractivity contribution is 7.94. The van der Waals surface area contributed by atoms with E-state index >= 15 is 0 Å². The highest BCUT2D eigenvalue weighted by Crippen LogP contribution is 2.39. The molecule has 0 saturated heterocycles. The molecule has 5 aromatic rings. The van der Waals surface area contributed by atoms with Gasteiger partial charge in [0.15, 0.2) is 15.7 Å². The lowest BCUT2D eigenvalue weighted by atomic mass is 10.1. The Morgan fingerprint density at radius 3 is 2.18 bits per heavy atom. The van der Waals surface area contributed by atoms with E-state index in [-0.39, 0.29) is 83.4 Å². The first-order chi connectivity index (χ1) is 26.6. The Bertz CT molecular complexity index is 2930. The van der Waals surface area contributed by atoms with Crippen LogP contribution in [0.1, 0.15) is 22.3 Å². The minimum Gasteiger partial charge on any atom is -0.369 e. The van der Waals surface area contributed by atoms with Crippen molar-refractivity contribution in [2.45, 2.75) is 35.0 Å². The summed E-state index contributed by atoms with van der Waals surface area (Å²) in [5.74, 6) is -0.0238. The Morgan fingerprint density at radius 1 is 0.877 bits per heavy atom. The average molecular weight is 878 g/mol. The zero-order valence-electron chi connectivity index (χ0n) is 29.6.